The van der Waals surface area contributed by atoms with Crippen molar-refractivity contribution in [3.05, 3.63) is 120 Å². The van der Waals surface area contributed by atoms with E-state index >= 15 is 0 Å². The fourth-order valence-electron chi connectivity index (χ4n) is 6.45. The molecule has 1 unspecified atom stereocenters. The van der Waals surface area contributed by atoms with Crippen LogP contribution in [0.3, 0.4) is 0 Å². The van der Waals surface area contributed by atoms with Crippen molar-refractivity contribution in [3.63, 3.8) is 0 Å². The van der Waals surface area contributed by atoms with E-state index in [-0.39, 0.29) is 51.4 Å². The van der Waals surface area contributed by atoms with E-state index in [1.54, 1.807) is 31.2 Å². The lowest BCUT2D eigenvalue weighted by Crippen LogP contribution is -2.21. The number of nitrogens with zero attached hydrogens (tertiary/aromatic N) is 5. The normalized spacial score (nSPS) is 13.3. The Kier molecular flexibility index (Phi) is 11.3. The van der Waals surface area contributed by atoms with Crippen LogP contribution in [0, 0.1) is 46.1 Å². The Labute approximate surface area is 309 Å². The minimum absolute atomic E-state index is 0.0487. The van der Waals surface area contributed by atoms with Crippen LogP contribution in [0.2, 0.25) is 0 Å². The van der Waals surface area contributed by atoms with E-state index in [1.807, 2.05) is 38.7 Å². The minimum Gasteiger partial charge on any atom is -0.462 e. The summed E-state index contributed by atoms with van der Waals surface area (Å²) < 4.78 is 60.7. The molecular formula is C41H34F3N5O5. The quantitative estimate of drug-likeness (QED) is 0.109. The van der Waals surface area contributed by atoms with Crippen LogP contribution in [-0.4, -0.2) is 26.2 Å². The smallest absolute Gasteiger partial charge is 0.418 e. The van der Waals surface area contributed by atoms with Gasteiger partial charge in [-0.3, -0.25) is 0 Å². The molecule has 0 N–H and O–H groups in total. The van der Waals surface area contributed by atoms with Crippen LogP contribution >= 0.6 is 0 Å². The summed E-state index contributed by atoms with van der Waals surface area (Å²) in [7, 11) is 0. The van der Waals surface area contributed by atoms with Crippen molar-refractivity contribution in [2.24, 2.45) is 0 Å². The molecule has 0 amide bonds. The number of anilines is 2. The number of hydrogen-bond donors (Lipinski definition) is 0. The molecule has 3 heterocycles. The van der Waals surface area contributed by atoms with Gasteiger partial charge in [0.05, 0.1) is 33.3 Å². The Bertz CT molecular complexity index is 2480. The summed E-state index contributed by atoms with van der Waals surface area (Å²) in [6.45, 7) is 11.9. The molecule has 0 saturated heterocycles. The van der Waals surface area contributed by atoms with Crippen molar-refractivity contribution in [1.82, 2.24) is 0 Å². The van der Waals surface area contributed by atoms with Crippen molar-refractivity contribution >= 4 is 39.4 Å². The van der Waals surface area contributed by atoms with E-state index in [4.69, 9.17) is 13.6 Å². The SMILES string of the molecule is CCN(CC)c1c#cc2c(C(F)(F)F)c(/C=C/C3=CC(=C(C#N)C#N)C=C(CC(C)c4c(C#N)c5ccc(N(CC)CC)cc5oc4=O)O3)c(=O)oc2c1. The van der Waals surface area contributed by atoms with E-state index in [0.717, 1.165) is 30.9 Å². The third-order valence-electron chi connectivity index (χ3n) is 9.12. The molecule has 1 atom stereocenters. The van der Waals surface area contributed by atoms with Gasteiger partial charge in [0.15, 0.2) is 0 Å². The van der Waals surface area contributed by atoms with Gasteiger partial charge < -0.3 is 23.4 Å². The number of ether oxygens (including phenoxy) is 1. The fourth-order valence-corrected chi connectivity index (χ4v) is 6.45. The zero-order chi connectivity index (χ0) is 39.3. The molecule has 0 spiro atoms. The van der Waals surface area contributed by atoms with Crippen LogP contribution in [0.25, 0.3) is 28.0 Å². The molecule has 5 rings (SSSR count). The number of rotatable bonds is 11. The van der Waals surface area contributed by atoms with E-state index in [1.165, 1.54) is 18.2 Å². The van der Waals surface area contributed by atoms with Gasteiger partial charge in [0.2, 0.25) is 0 Å². The molecule has 2 aromatic carbocycles. The first-order valence-corrected chi connectivity index (χ1v) is 17.2. The fraction of sp³-hybridized carbons (Fsp3) is 0.293. The molecule has 1 aliphatic rings. The molecule has 2 aromatic heterocycles. The number of alkyl halides is 3. The predicted octanol–water partition coefficient (Wildman–Crippen LogP) is 8.43. The van der Waals surface area contributed by atoms with Gasteiger partial charge in [-0.1, -0.05) is 13.0 Å². The molecule has 0 fully saturated rings. The number of fused-ring (bicyclic) bond motifs is 2. The number of halogens is 3. The number of hydrogen-bond acceptors (Lipinski definition) is 10. The average Bonchev–Trinajstić information content (AvgIpc) is 3.14. The van der Waals surface area contributed by atoms with Gasteiger partial charge in [-0.05, 0) is 76.1 Å². The lowest BCUT2D eigenvalue weighted by Gasteiger charge is -2.22. The van der Waals surface area contributed by atoms with Crippen molar-refractivity contribution in [2.45, 2.75) is 53.1 Å². The molecule has 10 nitrogen and oxygen atoms in total. The van der Waals surface area contributed by atoms with Gasteiger partial charge in [-0.25, -0.2) is 9.59 Å². The first-order chi connectivity index (χ1) is 25.8. The van der Waals surface area contributed by atoms with Crippen molar-refractivity contribution < 1.29 is 26.7 Å². The largest absolute Gasteiger partial charge is 0.462 e. The number of nitriles is 3. The highest BCUT2D eigenvalue weighted by Gasteiger charge is 2.37. The van der Waals surface area contributed by atoms with Gasteiger partial charge in [0, 0.05) is 61.4 Å². The minimum atomic E-state index is -5.00. The lowest BCUT2D eigenvalue weighted by molar-refractivity contribution is -0.136. The summed E-state index contributed by atoms with van der Waals surface area (Å²) in [6, 6.07) is 17.5. The summed E-state index contributed by atoms with van der Waals surface area (Å²) in [6.07, 6.45) is -0.422. The second-order valence-corrected chi connectivity index (χ2v) is 12.3. The van der Waals surface area contributed by atoms with E-state index in [2.05, 4.69) is 23.1 Å². The van der Waals surface area contributed by atoms with E-state index < -0.39 is 39.9 Å². The Hall–Kier alpha value is -6.70. The van der Waals surface area contributed by atoms with Crippen LogP contribution in [0.5, 0.6) is 0 Å². The van der Waals surface area contributed by atoms with Gasteiger partial charge in [-0.2, -0.15) is 29.0 Å². The highest BCUT2D eigenvalue weighted by Crippen LogP contribution is 2.38. The highest BCUT2D eigenvalue weighted by molar-refractivity contribution is 5.87. The topological polar surface area (TPSA) is 148 Å². The monoisotopic (exact) mass is 733 g/mol. The van der Waals surface area contributed by atoms with Crippen molar-refractivity contribution in [2.75, 3.05) is 36.0 Å². The first kappa shape index (κ1) is 38.5. The molecule has 0 saturated carbocycles. The van der Waals surface area contributed by atoms with E-state index in [9.17, 15) is 38.5 Å². The third kappa shape index (κ3) is 7.58. The Morgan fingerprint density at radius 3 is 2.17 bits per heavy atom. The summed E-state index contributed by atoms with van der Waals surface area (Å²) in [5.41, 5.74) is -3.00. The second kappa shape index (κ2) is 15.9. The molecule has 0 aliphatic carbocycles. The number of allylic oxidation sites excluding steroid dienone is 6. The molecule has 0 radical (unpaired) electrons. The van der Waals surface area contributed by atoms with Gasteiger partial charge >= 0.3 is 17.4 Å². The zero-order valence-electron chi connectivity index (χ0n) is 30.1. The van der Waals surface area contributed by atoms with Crippen LogP contribution in [0.4, 0.5) is 24.5 Å². The molecule has 0 bridgehead atoms. The van der Waals surface area contributed by atoms with Crippen LogP contribution < -0.4 is 21.1 Å². The first-order valence-electron chi connectivity index (χ1n) is 17.2. The third-order valence-corrected chi connectivity index (χ3v) is 9.12. The average molecular weight is 734 g/mol. The highest BCUT2D eigenvalue weighted by atomic mass is 19.4. The second-order valence-electron chi connectivity index (χ2n) is 12.3. The molecule has 1 aliphatic heterocycles. The maximum Gasteiger partial charge on any atom is 0.418 e. The van der Waals surface area contributed by atoms with Crippen LogP contribution in [-0.2, 0) is 10.9 Å². The van der Waals surface area contributed by atoms with Crippen LogP contribution in [0.15, 0.2) is 83.6 Å². The zero-order valence-corrected chi connectivity index (χ0v) is 30.1. The van der Waals surface area contributed by atoms with Gasteiger partial charge in [0.1, 0.15) is 46.5 Å². The Balaban J connectivity index is 1.54. The molecule has 54 heavy (non-hydrogen) atoms. The Morgan fingerprint density at radius 2 is 1.56 bits per heavy atom. The van der Waals surface area contributed by atoms with E-state index in [0.29, 0.717) is 24.2 Å². The molecule has 4 aromatic rings. The summed E-state index contributed by atoms with van der Waals surface area (Å²) in [4.78, 5) is 30.4. The van der Waals surface area contributed by atoms with Gasteiger partial charge in [0.25, 0.3) is 0 Å². The molecule has 274 valence electrons. The maximum atomic E-state index is 14.6. The summed E-state index contributed by atoms with van der Waals surface area (Å²) >= 11 is 0. The maximum absolute atomic E-state index is 14.6. The number of benzene rings is 1. The van der Waals surface area contributed by atoms with Crippen molar-refractivity contribution in [1.29, 1.82) is 15.8 Å². The molecule has 13 heteroatoms. The van der Waals surface area contributed by atoms with Crippen LogP contribution in [0.1, 0.15) is 69.2 Å². The van der Waals surface area contributed by atoms with Gasteiger partial charge in [-0.15, -0.1) is 0 Å². The van der Waals surface area contributed by atoms with Crippen molar-refractivity contribution in [3.8, 4) is 18.2 Å². The molecular weight excluding hydrogens is 699 g/mol. The standard InChI is InChI=1S/C41H34F3N5O5/c1-6-48(7-2)27-10-13-31-34(23-47)37(40(51)54-35(31)19-27)24(5)16-30-18-25(26(21-45)22-46)17-29(52-30)12-15-33-38(41(42,43)44)32-14-11-28(49(8-3)9-4)20-36(32)53-39(33)50/h10,12-13,15,17-20,24H,6-9,16H2,1-5H3/b15-12+. The lowest BCUT2D eigenvalue weighted by atomic mass is 9.91. The summed E-state index contributed by atoms with van der Waals surface area (Å²) in [5, 5.41) is 29.4. The Morgan fingerprint density at radius 1 is 0.889 bits per heavy atom. The summed E-state index contributed by atoms with van der Waals surface area (Å²) in [5.74, 6) is -0.701. The predicted molar refractivity (Wildman–Crippen MR) is 197 cm³/mol.